The third-order valence-electron chi connectivity index (χ3n) is 3.24. The number of amides is 2. The van der Waals surface area contributed by atoms with Crippen LogP contribution in [0.4, 0.5) is 0 Å². The molecule has 2 atom stereocenters. The first kappa shape index (κ1) is 16.7. The van der Waals surface area contributed by atoms with E-state index in [0.717, 1.165) is 0 Å². The largest absolute Gasteiger partial charge is 0.362 e. The highest BCUT2D eigenvalue weighted by molar-refractivity contribution is 7.55. The number of benzene rings is 1. The number of nitrogens with one attached hydrogen (secondary N) is 1. The van der Waals surface area contributed by atoms with E-state index in [0.29, 0.717) is 5.56 Å². The average molecular weight is 326 g/mol. The van der Waals surface area contributed by atoms with Crippen LogP contribution in [0.2, 0.25) is 0 Å². The van der Waals surface area contributed by atoms with Gasteiger partial charge in [-0.15, -0.1) is 0 Å². The zero-order valence-corrected chi connectivity index (χ0v) is 13.4. The van der Waals surface area contributed by atoms with E-state index in [4.69, 9.17) is 9.05 Å². The summed E-state index contributed by atoms with van der Waals surface area (Å²) in [5.74, 6) is -2.33. The highest BCUT2D eigenvalue weighted by atomic mass is 31.2. The van der Waals surface area contributed by atoms with E-state index in [9.17, 15) is 14.2 Å². The fraction of sp³-hybridized carbons (Fsp3) is 0.429. The summed E-state index contributed by atoms with van der Waals surface area (Å²) < 4.78 is 23.3. The van der Waals surface area contributed by atoms with Crippen LogP contribution in [0.3, 0.4) is 0 Å². The van der Waals surface area contributed by atoms with Crippen LogP contribution in [-0.2, 0) is 18.4 Å². The van der Waals surface area contributed by atoms with E-state index in [2.05, 4.69) is 5.32 Å². The Morgan fingerprint density at radius 1 is 1.45 bits per heavy atom. The molecule has 2 amide bonds. The van der Waals surface area contributed by atoms with Crippen LogP contribution in [0.5, 0.6) is 0 Å². The van der Waals surface area contributed by atoms with Crippen molar-refractivity contribution in [3.8, 4) is 0 Å². The molecule has 0 aromatic heterocycles. The second-order valence-corrected chi connectivity index (χ2v) is 6.91. The number of carbonyl (C=O) groups excluding carboxylic acids is 2. The number of hydrogen-bond acceptors (Lipinski definition) is 5. The van der Waals surface area contributed by atoms with Crippen molar-refractivity contribution in [2.75, 3.05) is 26.8 Å². The van der Waals surface area contributed by atoms with Gasteiger partial charge in [0.15, 0.2) is 0 Å². The second kappa shape index (κ2) is 7.05. The zero-order chi connectivity index (χ0) is 16.2. The number of nitrogens with zero attached hydrogens (tertiary/aromatic N) is 1. The molecule has 1 heterocycles. The molecule has 1 aliphatic heterocycles. The molecule has 0 spiro atoms. The van der Waals surface area contributed by atoms with Crippen molar-refractivity contribution in [1.29, 1.82) is 0 Å². The molecular weight excluding hydrogens is 307 g/mol. The molecule has 1 saturated heterocycles. The molecule has 1 aromatic carbocycles. The Labute approximate surface area is 129 Å². The van der Waals surface area contributed by atoms with Gasteiger partial charge in [-0.1, -0.05) is 18.2 Å². The number of hydrogen-bond donors (Lipinski definition) is 1. The van der Waals surface area contributed by atoms with E-state index < -0.39 is 25.2 Å². The van der Waals surface area contributed by atoms with Gasteiger partial charge in [0.25, 0.3) is 11.8 Å². The van der Waals surface area contributed by atoms with Gasteiger partial charge in [-0.2, -0.15) is 0 Å². The Kier molecular flexibility index (Phi) is 5.34. The first-order valence-electron chi connectivity index (χ1n) is 6.97. The van der Waals surface area contributed by atoms with E-state index in [1.54, 1.807) is 44.3 Å². The van der Waals surface area contributed by atoms with E-state index in [1.165, 1.54) is 4.90 Å². The molecule has 0 radical (unpaired) electrons. The predicted octanol–water partition coefficient (Wildman–Crippen LogP) is 1.46. The lowest BCUT2D eigenvalue weighted by Crippen LogP contribution is -2.46. The van der Waals surface area contributed by atoms with Gasteiger partial charge in [-0.05, 0) is 19.1 Å². The minimum absolute atomic E-state index is 0.0945. The van der Waals surface area contributed by atoms with Crippen molar-refractivity contribution < 1.29 is 23.2 Å². The van der Waals surface area contributed by atoms with Crippen LogP contribution in [0.15, 0.2) is 30.3 Å². The molecule has 2 unspecified atom stereocenters. The Hall–Kier alpha value is -1.69. The quantitative estimate of drug-likeness (QED) is 0.847. The molecule has 0 bridgehead atoms. The summed E-state index contributed by atoms with van der Waals surface area (Å²) in [6, 6.07) is 8.39. The summed E-state index contributed by atoms with van der Waals surface area (Å²) in [5, 5.41) is 2.49. The summed E-state index contributed by atoms with van der Waals surface area (Å²) in [6.07, 6.45) is 0. The number of carbonyl (C=O) groups is 2. The maximum atomic E-state index is 12.8. The van der Waals surface area contributed by atoms with Crippen molar-refractivity contribution in [1.82, 2.24) is 10.2 Å². The van der Waals surface area contributed by atoms with Crippen LogP contribution in [0.25, 0.3) is 0 Å². The minimum atomic E-state index is -3.76. The van der Waals surface area contributed by atoms with Crippen LogP contribution < -0.4 is 5.32 Å². The predicted molar refractivity (Wildman–Crippen MR) is 80.5 cm³/mol. The van der Waals surface area contributed by atoms with Gasteiger partial charge >= 0.3 is 7.60 Å². The van der Waals surface area contributed by atoms with Crippen LogP contribution in [0, 0.1) is 0 Å². The van der Waals surface area contributed by atoms with Gasteiger partial charge in [0, 0.05) is 19.2 Å². The van der Waals surface area contributed by atoms with Crippen LogP contribution >= 0.6 is 7.60 Å². The smallest absolute Gasteiger partial charge is 0.341 e. The lowest BCUT2D eigenvalue weighted by molar-refractivity contribution is -0.129. The monoisotopic (exact) mass is 326 g/mol. The normalized spacial score (nSPS) is 25.6. The summed E-state index contributed by atoms with van der Waals surface area (Å²) >= 11 is 0. The molecule has 22 heavy (non-hydrogen) atoms. The standard InChI is InChI=1S/C14H19N2O5P/c1-3-20-22(19)13(14(18)16(2)9-10-21-22)15-12(17)11-7-5-4-6-8-11/h4-8,13H,3,9-10H2,1-2H3,(H,15,17). The first-order chi connectivity index (χ1) is 10.5. The number of rotatable bonds is 4. The summed E-state index contributed by atoms with van der Waals surface area (Å²) in [7, 11) is -2.19. The highest BCUT2D eigenvalue weighted by Gasteiger charge is 2.45. The van der Waals surface area contributed by atoms with E-state index in [1.807, 2.05) is 0 Å². The lowest BCUT2D eigenvalue weighted by atomic mass is 10.2. The highest BCUT2D eigenvalue weighted by Crippen LogP contribution is 2.53. The van der Waals surface area contributed by atoms with E-state index >= 15 is 0 Å². The van der Waals surface area contributed by atoms with Crippen molar-refractivity contribution in [3.05, 3.63) is 35.9 Å². The second-order valence-electron chi connectivity index (χ2n) is 4.79. The molecule has 7 nitrogen and oxygen atoms in total. The molecule has 0 aliphatic carbocycles. The fourth-order valence-electron chi connectivity index (χ4n) is 2.06. The molecule has 1 aromatic rings. The van der Waals surface area contributed by atoms with Crippen molar-refractivity contribution in [3.63, 3.8) is 0 Å². The molecule has 0 saturated carbocycles. The Balaban J connectivity index is 2.27. The Morgan fingerprint density at radius 2 is 2.14 bits per heavy atom. The summed E-state index contributed by atoms with van der Waals surface area (Å²) in [5.41, 5.74) is 0.366. The summed E-state index contributed by atoms with van der Waals surface area (Å²) in [4.78, 5) is 26.0. The molecule has 8 heteroatoms. The van der Waals surface area contributed by atoms with Crippen LogP contribution in [-0.4, -0.2) is 49.3 Å². The zero-order valence-electron chi connectivity index (χ0n) is 12.5. The molecule has 1 aliphatic rings. The van der Waals surface area contributed by atoms with Gasteiger partial charge in [0.2, 0.25) is 5.78 Å². The third-order valence-corrected chi connectivity index (χ3v) is 5.38. The molecule has 1 N–H and O–H groups in total. The SMILES string of the molecule is CCOP1(=O)OCCN(C)C(=O)C1NC(=O)c1ccccc1. The maximum absolute atomic E-state index is 12.8. The van der Waals surface area contributed by atoms with Gasteiger partial charge in [-0.25, -0.2) is 0 Å². The van der Waals surface area contributed by atoms with Gasteiger partial charge < -0.3 is 19.3 Å². The third kappa shape index (κ3) is 3.55. The van der Waals surface area contributed by atoms with Crippen molar-refractivity contribution >= 4 is 19.4 Å². The van der Waals surface area contributed by atoms with E-state index in [-0.39, 0.29) is 19.8 Å². The molecular formula is C14H19N2O5P. The van der Waals surface area contributed by atoms with Crippen molar-refractivity contribution in [2.45, 2.75) is 12.7 Å². The topological polar surface area (TPSA) is 84.9 Å². The average Bonchev–Trinajstić information content (AvgIpc) is 2.61. The first-order valence-corrected chi connectivity index (χ1v) is 8.59. The fourth-order valence-corrected chi connectivity index (χ4v) is 3.88. The molecule has 120 valence electrons. The van der Waals surface area contributed by atoms with Gasteiger partial charge in [-0.3, -0.25) is 14.2 Å². The van der Waals surface area contributed by atoms with Crippen LogP contribution in [0.1, 0.15) is 17.3 Å². The van der Waals surface area contributed by atoms with Gasteiger partial charge in [0.05, 0.1) is 13.2 Å². The Morgan fingerprint density at radius 3 is 2.77 bits per heavy atom. The summed E-state index contributed by atoms with van der Waals surface area (Å²) in [6.45, 7) is 2.15. The molecule has 1 fully saturated rings. The minimum Gasteiger partial charge on any atom is -0.341 e. The molecule has 2 rings (SSSR count). The number of likely N-dealkylation sites (N-methyl/N-ethyl adjacent to an activating group) is 1. The van der Waals surface area contributed by atoms with Crippen molar-refractivity contribution in [2.24, 2.45) is 0 Å². The van der Waals surface area contributed by atoms with Gasteiger partial charge in [0.1, 0.15) is 0 Å². The Bertz CT molecular complexity index is 592. The lowest BCUT2D eigenvalue weighted by Gasteiger charge is -2.25. The maximum Gasteiger partial charge on any atom is 0.362 e.